The summed E-state index contributed by atoms with van der Waals surface area (Å²) in [5.41, 5.74) is 1.05. The fourth-order valence-corrected chi connectivity index (χ4v) is 3.03. The van der Waals surface area contributed by atoms with Crippen LogP contribution in [0, 0.1) is 11.8 Å². The molecule has 4 heteroatoms. The molecule has 2 fully saturated rings. The summed E-state index contributed by atoms with van der Waals surface area (Å²) in [7, 11) is 0. The Labute approximate surface area is 109 Å². The van der Waals surface area contributed by atoms with Crippen molar-refractivity contribution in [2.45, 2.75) is 45.3 Å². The lowest BCUT2D eigenvalue weighted by Crippen LogP contribution is -2.58. The van der Waals surface area contributed by atoms with Crippen LogP contribution in [0.5, 0.6) is 0 Å². The van der Waals surface area contributed by atoms with Gasteiger partial charge in [0.25, 0.3) is 0 Å². The second kappa shape index (κ2) is 5.02. The highest BCUT2D eigenvalue weighted by molar-refractivity contribution is 5.00. The molecule has 2 atom stereocenters. The molecule has 2 heterocycles. The summed E-state index contributed by atoms with van der Waals surface area (Å²) in [5, 5.41) is 7.79. The zero-order valence-electron chi connectivity index (χ0n) is 11.3. The van der Waals surface area contributed by atoms with Crippen molar-refractivity contribution in [2.24, 2.45) is 11.8 Å². The van der Waals surface area contributed by atoms with Crippen LogP contribution in [-0.2, 0) is 6.54 Å². The molecule has 1 aliphatic carbocycles. The predicted molar refractivity (Wildman–Crippen MR) is 70.1 cm³/mol. The third-order valence-electron chi connectivity index (χ3n) is 4.31. The minimum Gasteiger partial charge on any atom is -0.364 e. The molecule has 0 radical (unpaired) electrons. The number of piperazine rings is 1. The SMILES string of the molecule is CC(C)C1CNC(C2CC2)CN1Cc1ccon1. The van der Waals surface area contributed by atoms with Gasteiger partial charge in [-0.3, -0.25) is 4.90 Å². The number of nitrogens with zero attached hydrogens (tertiary/aromatic N) is 2. The van der Waals surface area contributed by atoms with Crippen LogP contribution >= 0.6 is 0 Å². The molecule has 1 saturated carbocycles. The summed E-state index contributed by atoms with van der Waals surface area (Å²) in [6, 6.07) is 3.27. The van der Waals surface area contributed by atoms with Gasteiger partial charge in [0.15, 0.2) is 0 Å². The third-order valence-corrected chi connectivity index (χ3v) is 4.31. The van der Waals surface area contributed by atoms with E-state index in [2.05, 4.69) is 29.2 Å². The molecule has 100 valence electrons. The maximum absolute atomic E-state index is 4.95. The molecule has 3 rings (SSSR count). The first-order chi connectivity index (χ1) is 8.74. The van der Waals surface area contributed by atoms with Gasteiger partial charge in [-0.05, 0) is 24.7 Å². The second-order valence-electron chi connectivity index (χ2n) is 6.08. The zero-order chi connectivity index (χ0) is 12.5. The quantitative estimate of drug-likeness (QED) is 0.884. The molecular weight excluding hydrogens is 226 g/mol. The van der Waals surface area contributed by atoms with Crippen molar-refractivity contribution < 1.29 is 4.52 Å². The molecule has 2 unspecified atom stereocenters. The lowest BCUT2D eigenvalue weighted by molar-refractivity contribution is 0.0830. The summed E-state index contributed by atoms with van der Waals surface area (Å²) >= 11 is 0. The Morgan fingerprint density at radius 3 is 2.94 bits per heavy atom. The Balaban J connectivity index is 1.68. The first-order valence-electron chi connectivity index (χ1n) is 7.10. The third kappa shape index (κ3) is 2.59. The lowest BCUT2D eigenvalue weighted by Gasteiger charge is -2.42. The highest BCUT2D eigenvalue weighted by Gasteiger charge is 2.38. The van der Waals surface area contributed by atoms with E-state index in [1.807, 2.05) is 6.07 Å². The number of aromatic nitrogens is 1. The van der Waals surface area contributed by atoms with Gasteiger partial charge >= 0.3 is 0 Å². The minimum atomic E-state index is 0.608. The van der Waals surface area contributed by atoms with Gasteiger partial charge < -0.3 is 9.84 Å². The van der Waals surface area contributed by atoms with Crippen LogP contribution in [0.4, 0.5) is 0 Å². The van der Waals surface area contributed by atoms with Crippen molar-refractivity contribution >= 4 is 0 Å². The highest BCUT2D eigenvalue weighted by atomic mass is 16.5. The summed E-state index contributed by atoms with van der Waals surface area (Å²) in [6.07, 6.45) is 4.48. The van der Waals surface area contributed by atoms with Crippen LogP contribution in [-0.4, -0.2) is 35.2 Å². The highest BCUT2D eigenvalue weighted by Crippen LogP contribution is 2.35. The van der Waals surface area contributed by atoms with E-state index in [0.717, 1.165) is 31.2 Å². The number of hydrogen-bond donors (Lipinski definition) is 1. The Bertz CT molecular complexity index is 372. The van der Waals surface area contributed by atoms with E-state index in [0.29, 0.717) is 18.0 Å². The number of rotatable bonds is 4. The summed E-state index contributed by atoms with van der Waals surface area (Å²) in [4.78, 5) is 2.59. The van der Waals surface area contributed by atoms with Gasteiger partial charge in [-0.25, -0.2) is 0 Å². The minimum absolute atomic E-state index is 0.608. The van der Waals surface area contributed by atoms with Gasteiger partial charge in [0.05, 0.1) is 5.69 Å². The fraction of sp³-hybridized carbons (Fsp3) is 0.786. The molecular formula is C14H23N3O. The molecule has 1 aromatic rings. The van der Waals surface area contributed by atoms with Gasteiger partial charge in [0.2, 0.25) is 0 Å². The molecule has 1 aliphatic heterocycles. The van der Waals surface area contributed by atoms with E-state index in [1.54, 1.807) is 6.26 Å². The van der Waals surface area contributed by atoms with Crippen molar-refractivity contribution in [3.63, 3.8) is 0 Å². The van der Waals surface area contributed by atoms with Crippen molar-refractivity contribution in [3.8, 4) is 0 Å². The van der Waals surface area contributed by atoms with E-state index >= 15 is 0 Å². The maximum atomic E-state index is 4.95. The predicted octanol–water partition coefficient (Wildman–Crippen LogP) is 1.88. The lowest BCUT2D eigenvalue weighted by atomic mass is 9.97. The summed E-state index contributed by atoms with van der Waals surface area (Å²) < 4.78 is 4.95. The molecule has 4 nitrogen and oxygen atoms in total. The zero-order valence-corrected chi connectivity index (χ0v) is 11.3. The summed E-state index contributed by atoms with van der Waals surface area (Å²) in [5.74, 6) is 1.59. The van der Waals surface area contributed by atoms with Gasteiger partial charge in [-0.15, -0.1) is 0 Å². The Hall–Kier alpha value is -0.870. The van der Waals surface area contributed by atoms with Crippen molar-refractivity contribution in [3.05, 3.63) is 18.0 Å². The molecule has 1 N–H and O–H groups in total. The molecule has 18 heavy (non-hydrogen) atoms. The van der Waals surface area contributed by atoms with Gasteiger partial charge in [-0.1, -0.05) is 19.0 Å². The number of hydrogen-bond acceptors (Lipinski definition) is 4. The van der Waals surface area contributed by atoms with E-state index in [4.69, 9.17) is 4.52 Å². The molecule has 0 amide bonds. The van der Waals surface area contributed by atoms with Gasteiger partial charge in [0.1, 0.15) is 6.26 Å². The van der Waals surface area contributed by atoms with E-state index in [1.165, 1.54) is 12.8 Å². The second-order valence-corrected chi connectivity index (χ2v) is 6.08. The Morgan fingerprint density at radius 1 is 1.50 bits per heavy atom. The molecule has 1 saturated heterocycles. The Kier molecular flexibility index (Phi) is 3.39. The maximum Gasteiger partial charge on any atom is 0.124 e. The van der Waals surface area contributed by atoms with Crippen LogP contribution in [0.2, 0.25) is 0 Å². The van der Waals surface area contributed by atoms with Crippen LogP contribution in [0.1, 0.15) is 32.4 Å². The average molecular weight is 249 g/mol. The van der Waals surface area contributed by atoms with E-state index in [-0.39, 0.29) is 0 Å². The largest absolute Gasteiger partial charge is 0.364 e. The topological polar surface area (TPSA) is 41.3 Å². The van der Waals surface area contributed by atoms with Crippen LogP contribution in [0.3, 0.4) is 0 Å². The van der Waals surface area contributed by atoms with Gasteiger partial charge in [0, 0.05) is 37.8 Å². The normalized spacial score (nSPS) is 29.9. The molecule has 0 aromatic carbocycles. The monoisotopic (exact) mass is 249 g/mol. The first-order valence-corrected chi connectivity index (χ1v) is 7.10. The standard InChI is InChI=1S/C14H23N3O/c1-10(2)14-7-15-13(11-3-4-11)9-17(14)8-12-5-6-18-16-12/h5-6,10-11,13-15H,3-4,7-9H2,1-2H3. The fourth-order valence-electron chi connectivity index (χ4n) is 3.03. The van der Waals surface area contributed by atoms with Crippen molar-refractivity contribution in [1.29, 1.82) is 0 Å². The first kappa shape index (κ1) is 12.2. The molecule has 0 spiro atoms. The van der Waals surface area contributed by atoms with Crippen LogP contribution in [0.15, 0.2) is 16.9 Å². The Morgan fingerprint density at radius 2 is 2.33 bits per heavy atom. The van der Waals surface area contributed by atoms with Gasteiger partial charge in [-0.2, -0.15) is 0 Å². The van der Waals surface area contributed by atoms with Crippen molar-refractivity contribution in [2.75, 3.05) is 13.1 Å². The molecule has 0 bridgehead atoms. The van der Waals surface area contributed by atoms with Crippen LogP contribution < -0.4 is 5.32 Å². The molecule has 2 aliphatic rings. The number of nitrogens with one attached hydrogen (secondary N) is 1. The summed E-state index contributed by atoms with van der Waals surface area (Å²) in [6.45, 7) is 7.79. The molecule has 1 aromatic heterocycles. The average Bonchev–Trinajstić information content (AvgIpc) is 3.08. The van der Waals surface area contributed by atoms with Crippen LogP contribution in [0.25, 0.3) is 0 Å². The van der Waals surface area contributed by atoms with E-state index < -0.39 is 0 Å². The smallest absolute Gasteiger partial charge is 0.124 e. The van der Waals surface area contributed by atoms with E-state index in [9.17, 15) is 0 Å². The van der Waals surface area contributed by atoms with Crippen molar-refractivity contribution in [1.82, 2.24) is 15.4 Å².